The van der Waals surface area contributed by atoms with Crippen LogP contribution in [0.3, 0.4) is 0 Å². The van der Waals surface area contributed by atoms with Crippen molar-refractivity contribution in [3.8, 4) is 0 Å². The second-order valence-corrected chi connectivity index (χ2v) is 2.30. The minimum Gasteiger partial charge on any atom is -0.231 e. The van der Waals surface area contributed by atoms with E-state index in [2.05, 4.69) is 16.7 Å². The van der Waals surface area contributed by atoms with Gasteiger partial charge in [0.2, 0.25) is 10.6 Å². The first-order valence-electron chi connectivity index (χ1n) is 2.61. The molecule has 0 aliphatic rings. The Morgan fingerprint density at radius 1 is 1.60 bits per heavy atom. The van der Waals surface area contributed by atoms with E-state index in [1.54, 1.807) is 6.08 Å². The summed E-state index contributed by atoms with van der Waals surface area (Å²) < 4.78 is 1.46. The molecule has 0 N–H and O–H groups in total. The molecule has 1 heterocycles. The third kappa shape index (κ3) is 1.49. The molecular formula is C5H5Cl2N3. The van der Waals surface area contributed by atoms with E-state index >= 15 is 0 Å². The molecule has 0 aliphatic heterocycles. The Balaban J connectivity index is 2.91. The highest BCUT2D eigenvalue weighted by Gasteiger charge is 2.01. The SMILES string of the molecule is C=CCn1nc(Cl)nc1Cl. The molecular weight excluding hydrogens is 173 g/mol. The second-order valence-electron chi connectivity index (χ2n) is 1.62. The first kappa shape index (κ1) is 7.57. The zero-order valence-electron chi connectivity index (χ0n) is 5.09. The van der Waals surface area contributed by atoms with Gasteiger partial charge in [0.1, 0.15) is 0 Å². The van der Waals surface area contributed by atoms with E-state index in [9.17, 15) is 0 Å². The van der Waals surface area contributed by atoms with Crippen LogP contribution in [0, 0.1) is 0 Å². The monoisotopic (exact) mass is 177 g/mol. The van der Waals surface area contributed by atoms with Gasteiger partial charge in [-0.15, -0.1) is 11.7 Å². The van der Waals surface area contributed by atoms with Gasteiger partial charge in [0.25, 0.3) is 0 Å². The minimum absolute atomic E-state index is 0.159. The van der Waals surface area contributed by atoms with Crippen molar-refractivity contribution in [2.24, 2.45) is 0 Å². The standard InChI is InChI=1S/C5H5Cl2N3/c1-2-3-10-5(7)8-4(6)9-10/h2H,1,3H2. The summed E-state index contributed by atoms with van der Waals surface area (Å²) in [4.78, 5) is 3.66. The maximum Gasteiger partial charge on any atom is 0.243 e. The number of nitrogens with zero attached hydrogens (tertiary/aromatic N) is 3. The Bertz CT molecular complexity index is 243. The van der Waals surface area contributed by atoms with Crippen LogP contribution < -0.4 is 0 Å². The highest BCUT2D eigenvalue weighted by atomic mass is 35.5. The van der Waals surface area contributed by atoms with Crippen LogP contribution in [0.5, 0.6) is 0 Å². The van der Waals surface area contributed by atoms with Crippen molar-refractivity contribution in [3.63, 3.8) is 0 Å². The van der Waals surface area contributed by atoms with Crippen molar-refractivity contribution >= 4 is 23.2 Å². The van der Waals surface area contributed by atoms with Crippen LogP contribution >= 0.6 is 23.2 Å². The number of hydrogen-bond donors (Lipinski definition) is 0. The van der Waals surface area contributed by atoms with Crippen molar-refractivity contribution in [1.29, 1.82) is 0 Å². The number of halogens is 2. The van der Waals surface area contributed by atoms with Gasteiger partial charge in [0.15, 0.2) is 0 Å². The molecule has 3 nitrogen and oxygen atoms in total. The van der Waals surface area contributed by atoms with Crippen molar-refractivity contribution < 1.29 is 0 Å². The second kappa shape index (κ2) is 3.03. The summed E-state index contributed by atoms with van der Waals surface area (Å²) in [6.45, 7) is 4.04. The van der Waals surface area contributed by atoms with Gasteiger partial charge < -0.3 is 0 Å². The van der Waals surface area contributed by atoms with Crippen LogP contribution in [-0.4, -0.2) is 14.8 Å². The van der Waals surface area contributed by atoms with E-state index < -0.39 is 0 Å². The topological polar surface area (TPSA) is 30.7 Å². The summed E-state index contributed by atoms with van der Waals surface area (Å²) in [5.41, 5.74) is 0. The molecule has 0 fully saturated rings. The van der Waals surface area contributed by atoms with Gasteiger partial charge in [-0.1, -0.05) is 6.08 Å². The zero-order chi connectivity index (χ0) is 7.56. The first-order valence-corrected chi connectivity index (χ1v) is 3.36. The molecule has 0 spiro atoms. The predicted molar refractivity (Wildman–Crippen MR) is 40.2 cm³/mol. The molecule has 1 aromatic rings. The zero-order valence-corrected chi connectivity index (χ0v) is 6.60. The average molecular weight is 178 g/mol. The average Bonchev–Trinajstić information content (AvgIpc) is 2.13. The summed E-state index contributed by atoms with van der Waals surface area (Å²) in [6.07, 6.45) is 1.66. The maximum atomic E-state index is 5.58. The first-order chi connectivity index (χ1) is 4.74. The van der Waals surface area contributed by atoms with E-state index in [0.717, 1.165) is 0 Å². The minimum atomic E-state index is 0.159. The van der Waals surface area contributed by atoms with Crippen LogP contribution in [-0.2, 0) is 6.54 Å². The van der Waals surface area contributed by atoms with Crippen LogP contribution in [0.4, 0.5) is 0 Å². The molecule has 0 unspecified atom stereocenters. The molecule has 0 aliphatic carbocycles. The van der Waals surface area contributed by atoms with Gasteiger partial charge in [-0.25, -0.2) is 4.68 Å². The fourth-order valence-corrected chi connectivity index (χ4v) is 0.937. The van der Waals surface area contributed by atoms with Crippen molar-refractivity contribution in [3.05, 3.63) is 23.2 Å². The van der Waals surface area contributed by atoms with Gasteiger partial charge >= 0.3 is 0 Å². The highest BCUT2D eigenvalue weighted by Crippen LogP contribution is 2.08. The summed E-state index contributed by atoms with van der Waals surface area (Å²) >= 11 is 11.0. The molecule has 10 heavy (non-hydrogen) atoms. The van der Waals surface area contributed by atoms with E-state index in [0.29, 0.717) is 6.54 Å². The fourth-order valence-electron chi connectivity index (χ4n) is 0.536. The molecule has 0 aromatic carbocycles. The van der Waals surface area contributed by atoms with Gasteiger partial charge in [0, 0.05) is 0 Å². The third-order valence-corrected chi connectivity index (χ3v) is 1.34. The smallest absolute Gasteiger partial charge is 0.231 e. The number of rotatable bonds is 2. The molecule has 0 saturated heterocycles. The van der Waals surface area contributed by atoms with Gasteiger partial charge in [-0.05, 0) is 23.2 Å². The fraction of sp³-hybridized carbons (Fsp3) is 0.200. The molecule has 1 aromatic heterocycles. The van der Waals surface area contributed by atoms with Crippen LogP contribution in [0.15, 0.2) is 12.7 Å². The molecule has 0 bridgehead atoms. The lowest BCUT2D eigenvalue weighted by molar-refractivity contribution is 0.702. The Morgan fingerprint density at radius 2 is 2.30 bits per heavy atom. The Hall–Kier alpha value is -0.540. The van der Waals surface area contributed by atoms with Crippen molar-refractivity contribution in [2.75, 3.05) is 0 Å². The van der Waals surface area contributed by atoms with E-state index in [1.165, 1.54) is 4.68 Å². The number of allylic oxidation sites excluding steroid dienone is 1. The largest absolute Gasteiger partial charge is 0.243 e. The Labute approximate surface area is 68.3 Å². The van der Waals surface area contributed by atoms with E-state index in [1.807, 2.05) is 0 Å². The summed E-state index contributed by atoms with van der Waals surface area (Å²) in [6, 6.07) is 0. The molecule has 5 heteroatoms. The van der Waals surface area contributed by atoms with Crippen LogP contribution in [0.2, 0.25) is 10.6 Å². The van der Waals surface area contributed by atoms with Crippen LogP contribution in [0.1, 0.15) is 0 Å². The quantitative estimate of drug-likeness (QED) is 0.646. The molecule has 0 amide bonds. The maximum absolute atomic E-state index is 5.58. The summed E-state index contributed by atoms with van der Waals surface area (Å²) in [7, 11) is 0. The van der Waals surface area contributed by atoms with Gasteiger partial charge in [-0.2, -0.15) is 4.98 Å². The lowest BCUT2D eigenvalue weighted by atomic mass is 10.6. The lowest BCUT2D eigenvalue weighted by Crippen LogP contribution is -1.96. The number of aromatic nitrogens is 3. The van der Waals surface area contributed by atoms with Crippen molar-refractivity contribution in [2.45, 2.75) is 6.54 Å². The van der Waals surface area contributed by atoms with Gasteiger partial charge in [-0.3, -0.25) is 0 Å². The van der Waals surface area contributed by atoms with Crippen molar-refractivity contribution in [1.82, 2.24) is 14.8 Å². The third-order valence-electron chi connectivity index (χ3n) is 0.903. The van der Waals surface area contributed by atoms with E-state index in [-0.39, 0.29) is 10.6 Å². The number of hydrogen-bond acceptors (Lipinski definition) is 2. The molecule has 0 atom stereocenters. The molecule has 1 rings (SSSR count). The molecule has 54 valence electrons. The summed E-state index contributed by atoms with van der Waals surface area (Å²) in [5, 5.41) is 4.21. The van der Waals surface area contributed by atoms with Gasteiger partial charge in [0.05, 0.1) is 6.54 Å². The van der Waals surface area contributed by atoms with E-state index in [4.69, 9.17) is 23.2 Å². The lowest BCUT2D eigenvalue weighted by Gasteiger charge is -1.92. The molecule has 0 saturated carbocycles. The normalized spacial score (nSPS) is 9.80. The predicted octanol–water partition coefficient (Wildman–Crippen LogP) is 1.77. The van der Waals surface area contributed by atoms with Crippen LogP contribution in [0.25, 0.3) is 0 Å². The molecule has 0 radical (unpaired) electrons. The highest BCUT2D eigenvalue weighted by molar-refractivity contribution is 6.31. The Morgan fingerprint density at radius 3 is 2.70 bits per heavy atom. The Kier molecular flexibility index (Phi) is 2.29. The summed E-state index contributed by atoms with van der Waals surface area (Å²) in [5.74, 6) is 0.